The Bertz CT molecular complexity index is 792. The summed E-state index contributed by atoms with van der Waals surface area (Å²) in [7, 11) is 0. The zero-order valence-corrected chi connectivity index (χ0v) is 14.8. The van der Waals surface area contributed by atoms with Gasteiger partial charge in [-0.3, -0.25) is 9.78 Å². The molecule has 1 aromatic heterocycles. The molecule has 0 radical (unpaired) electrons. The molecule has 1 amide bonds. The number of rotatable bonds is 3. The smallest absolute Gasteiger partial charge is 0.224 e. The summed E-state index contributed by atoms with van der Waals surface area (Å²) in [5.41, 5.74) is 2.50. The molecule has 0 aliphatic heterocycles. The summed E-state index contributed by atoms with van der Waals surface area (Å²) in [6, 6.07) is 10.4. The number of benzene rings is 1. The van der Waals surface area contributed by atoms with Gasteiger partial charge in [-0.15, -0.1) is 0 Å². The summed E-state index contributed by atoms with van der Waals surface area (Å²) in [6.45, 7) is 7.13. The van der Waals surface area contributed by atoms with Crippen molar-refractivity contribution in [1.29, 1.82) is 0 Å². The Kier molecular flexibility index (Phi) is 3.45. The fraction of sp³-hybridized carbons (Fsp3) is 0.524. The normalized spacial score (nSPS) is 30.6. The average Bonchev–Trinajstić information content (AvgIpc) is 2.88. The summed E-state index contributed by atoms with van der Waals surface area (Å²) < 4.78 is 0. The van der Waals surface area contributed by atoms with Crippen LogP contribution in [-0.4, -0.2) is 16.9 Å². The van der Waals surface area contributed by atoms with Gasteiger partial charge < -0.3 is 5.32 Å². The number of hydrogen-bond acceptors (Lipinski definition) is 2. The Hall–Kier alpha value is -1.90. The number of carbonyl (C=O) groups is 1. The molecule has 3 nitrogen and oxygen atoms in total. The van der Waals surface area contributed by atoms with Crippen molar-refractivity contribution in [1.82, 2.24) is 10.3 Å². The van der Waals surface area contributed by atoms with Crippen LogP contribution in [0.1, 0.15) is 45.6 Å². The number of carbonyl (C=O) groups excluding carboxylic acids is 1. The van der Waals surface area contributed by atoms with Crippen molar-refractivity contribution in [2.24, 2.45) is 16.7 Å². The first-order valence-corrected chi connectivity index (χ1v) is 9.04. The summed E-state index contributed by atoms with van der Waals surface area (Å²) in [5.74, 6) is 0.870. The molecule has 4 rings (SSSR count). The second kappa shape index (κ2) is 5.30. The Labute approximate surface area is 143 Å². The maximum Gasteiger partial charge on any atom is 0.224 e. The number of nitrogens with one attached hydrogen (secondary N) is 1. The van der Waals surface area contributed by atoms with Crippen LogP contribution in [0.4, 0.5) is 0 Å². The van der Waals surface area contributed by atoms with Gasteiger partial charge in [0, 0.05) is 17.6 Å². The molecule has 1 heterocycles. The van der Waals surface area contributed by atoms with Crippen LogP contribution in [0.3, 0.4) is 0 Å². The van der Waals surface area contributed by atoms with E-state index in [1.807, 2.05) is 30.3 Å². The summed E-state index contributed by atoms with van der Waals surface area (Å²) >= 11 is 0. The molecule has 126 valence electrons. The SMILES string of the molecule is CC1(C)C2CCC1(C)C(NC(=O)Cc1cccc3cccnc13)C2. The van der Waals surface area contributed by atoms with E-state index in [2.05, 4.69) is 31.1 Å². The second-order valence-electron chi connectivity index (χ2n) is 8.40. The van der Waals surface area contributed by atoms with Gasteiger partial charge in [0.2, 0.25) is 5.91 Å². The number of nitrogens with zero attached hydrogens (tertiary/aromatic N) is 1. The number of para-hydroxylation sites is 1. The molecular formula is C21H26N2O. The minimum absolute atomic E-state index is 0.128. The highest BCUT2D eigenvalue weighted by Crippen LogP contribution is 2.65. The van der Waals surface area contributed by atoms with Crippen LogP contribution in [0.15, 0.2) is 36.5 Å². The van der Waals surface area contributed by atoms with E-state index in [1.54, 1.807) is 6.20 Å². The standard InChI is InChI=1S/C21H26N2O/c1-20(2)16-9-10-21(20,3)17(13-16)23-18(24)12-15-7-4-6-14-8-5-11-22-19(14)15/h4-8,11,16-17H,9-10,12-13H2,1-3H3,(H,23,24). The number of pyridine rings is 1. The number of aromatic nitrogens is 1. The van der Waals surface area contributed by atoms with Gasteiger partial charge in [-0.25, -0.2) is 0 Å². The van der Waals surface area contributed by atoms with E-state index in [4.69, 9.17) is 0 Å². The maximum atomic E-state index is 12.7. The van der Waals surface area contributed by atoms with Gasteiger partial charge in [0.05, 0.1) is 11.9 Å². The third-order valence-corrected chi connectivity index (χ3v) is 7.20. The summed E-state index contributed by atoms with van der Waals surface area (Å²) in [6.07, 6.45) is 5.87. The van der Waals surface area contributed by atoms with Crippen molar-refractivity contribution in [3.63, 3.8) is 0 Å². The number of hydrogen-bond donors (Lipinski definition) is 1. The minimum atomic E-state index is 0.128. The molecule has 3 heteroatoms. The van der Waals surface area contributed by atoms with E-state index in [-0.39, 0.29) is 11.3 Å². The molecule has 0 saturated heterocycles. The molecule has 24 heavy (non-hydrogen) atoms. The highest BCUT2D eigenvalue weighted by Gasteiger charge is 2.61. The van der Waals surface area contributed by atoms with Crippen molar-refractivity contribution in [2.75, 3.05) is 0 Å². The third-order valence-electron chi connectivity index (χ3n) is 7.20. The molecule has 2 fully saturated rings. The predicted molar refractivity (Wildman–Crippen MR) is 96.6 cm³/mol. The minimum Gasteiger partial charge on any atom is -0.353 e. The lowest BCUT2D eigenvalue weighted by molar-refractivity contribution is -0.122. The van der Waals surface area contributed by atoms with Gasteiger partial charge in [0.25, 0.3) is 0 Å². The van der Waals surface area contributed by atoms with Crippen LogP contribution in [-0.2, 0) is 11.2 Å². The first-order valence-electron chi connectivity index (χ1n) is 9.04. The van der Waals surface area contributed by atoms with E-state index >= 15 is 0 Å². The van der Waals surface area contributed by atoms with Crippen LogP contribution >= 0.6 is 0 Å². The molecular weight excluding hydrogens is 296 g/mol. The quantitative estimate of drug-likeness (QED) is 0.924. The molecule has 1 aromatic carbocycles. The molecule has 3 unspecified atom stereocenters. The van der Waals surface area contributed by atoms with E-state index in [9.17, 15) is 4.79 Å². The Morgan fingerprint density at radius 1 is 1.25 bits per heavy atom. The fourth-order valence-electron chi connectivity index (χ4n) is 5.15. The van der Waals surface area contributed by atoms with Gasteiger partial charge in [-0.2, -0.15) is 0 Å². The highest BCUT2D eigenvalue weighted by molar-refractivity contribution is 5.87. The average molecular weight is 322 g/mol. The van der Waals surface area contributed by atoms with Crippen LogP contribution in [0.5, 0.6) is 0 Å². The third kappa shape index (κ3) is 2.17. The first-order chi connectivity index (χ1) is 11.4. The Morgan fingerprint density at radius 2 is 2.04 bits per heavy atom. The van der Waals surface area contributed by atoms with Crippen molar-refractivity contribution >= 4 is 16.8 Å². The molecule has 2 aliphatic carbocycles. The van der Waals surface area contributed by atoms with Gasteiger partial charge in [0.1, 0.15) is 0 Å². The van der Waals surface area contributed by atoms with E-state index in [1.165, 1.54) is 12.8 Å². The lowest BCUT2D eigenvalue weighted by Crippen LogP contribution is -2.47. The van der Waals surface area contributed by atoms with Gasteiger partial charge >= 0.3 is 0 Å². The van der Waals surface area contributed by atoms with Crippen molar-refractivity contribution in [3.05, 3.63) is 42.1 Å². The van der Waals surface area contributed by atoms with Crippen LogP contribution in [0.2, 0.25) is 0 Å². The van der Waals surface area contributed by atoms with Crippen LogP contribution < -0.4 is 5.32 Å². The zero-order valence-electron chi connectivity index (χ0n) is 14.8. The van der Waals surface area contributed by atoms with E-state index in [0.717, 1.165) is 28.8 Å². The molecule has 2 bridgehead atoms. The van der Waals surface area contributed by atoms with Gasteiger partial charge in [-0.1, -0.05) is 45.0 Å². The topological polar surface area (TPSA) is 42.0 Å². The first kappa shape index (κ1) is 15.6. The lowest BCUT2D eigenvalue weighted by Gasteiger charge is -2.39. The van der Waals surface area contributed by atoms with E-state index < -0.39 is 0 Å². The number of fused-ring (bicyclic) bond motifs is 3. The zero-order chi connectivity index (χ0) is 16.9. The number of amides is 1. The summed E-state index contributed by atoms with van der Waals surface area (Å²) in [5, 5.41) is 4.45. The second-order valence-corrected chi connectivity index (χ2v) is 8.40. The molecule has 2 aromatic rings. The molecule has 0 spiro atoms. The van der Waals surface area contributed by atoms with E-state index in [0.29, 0.717) is 17.9 Å². The fourth-order valence-corrected chi connectivity index (χ4v) is 5.15. The maximum absolute atomic E-state index is 12.7. The largest absolute Gasteiger partial charge is 0.353 e. The lowest BCUT2D eigenvalue weighted by atomic mass is 9.69. The Balaban J connectivity index is 1.52. The van der Waals surface area contributed by atoms with Crippen LogP contribution in [0.25, 0.3) is 10.9 Å². The predicted octanol–water partition coefficient (Wildman–Crippen LogP) is 4.11. The molecule has 1 N–H and O–H groups in total. The van der Waals surface area contributed by atoms with Crippen molar-refractivity contribution in [2.45, 2.75) is 52.5 Å². The molecule has 3 atom stereocenters. The van der Waals surface area contributed by atoms with Crippen molar-refractivity contribution < 1.29 is 4.79 Å². The molecule has 2 saturated carbocycles. The van der Waals surface area contributed by atoms with Gasteiger partial charge in [-0.05, 0) is 47.6 Å². The van der Waals surface area contributed by atoms with Gasteiger partial charge in [0.15, 0.2) is 0 Å². The molecule has 2 aliphatic rings. The highest BCUT2D eigenvalue weighted by atomic mass is 16.1. The summed E-state index contributed by atoms with van der Waals surface area (Å²) in [4.78, 5) is 17.2. The Morgan fingerprint density at radius 3 is 2.75 bits per heavy atom. The van der Waals surface area contributed by atoms with Crippen molar-refractivity contribution in [3.8, 4) is 0 Å². The van der Waals surface area contributed by atoms with Crippen LogP contribution in [0, 0.1) is 16.7 Å². The monoisotopic (exact) mass is 322 g/mol.